The molecule has 0 aliphatic carbocycles. The second kappa shape index (κ2) is 19.8. The summed E-state index contributed by atoms with van der Waals surface area (Å²) < 4.78 is 4.63. The van der Waals surface area contributed by atoms with Crippen molar-refractivity contribution in [2.75, 3.05) is 9.80 Å². The molecule has 76 heavy (non-hydrogen) atoms. The minimum Gasteiger partial charge on any atom is -0.343 e. The zero-order chi connectivity index (χ0) is 51.0. The summed E-state index contributed by atoms with van der Waals surface area (Å²) in [5.41, 5.74) is 18.5. The quantitative estimate of drug-likeness (QED) is 0.0896. The van der Waals surface area contributed by atoms with E-state index < -0.39 is 0 Å². The molecule has 0 unspecified atom stereocenters. The van der Waals surface area contributed by atoms with Crippen LogP contribution in [0, 0.1) is 0 Å². The summed E-state index contributed by atoms with van der Waals surface area (Å²) in [5.74, 6) is 0. The van der Waals surface area contributed by atoms with Crippen LogP contribution < -0.4 is 9.80 Å². The molecule has 0 spiro atoms. The number of aromatic nitrogens is 2. The van der Waals surface area contributed by atoms with Crippen LogP contribution in [0.1, 0.15) is 22.3 Å². The fourth-order valence-electron chi connectivity index (χ4n) is 11.4. The number of rotatable bonds is 12. The molecule has 0 aliphatic rings. The third-order valence-electron chi connectivity index (χ3n) is 14.9. The van der Waals surface area contributed by atoms with Crippen LogP contribution in [0.5, 0.6) is 0 Å². The van der Waals surface area contributed by atoms with Gasteiger partial charge in [0, 0.05) is 91.3 Å². The molecular weight excluding hydrogens is 921 g/mol. The maximum absolute atomic E-state index is 2.44. The SMILES string of the molecule is Cn1c(-c2ccccc2)c(/C=C/c2ccc(N(c3ccccc3)c3c4ccccc4c(N(c4ccccc4)c4ccc(/C=C/c5c(-c6ccccc6)n(C)c6ccccc56)cc4)c4ccccc34)cc2)c2ccccc21. The van der Waals surface area contributed by atoms with E-state index in [1.54, 1.807) is 0 Å². The van der Waals surface area contributed by atoms with Crippen LogP contribution in [0.2, 0.25) is 0 Å². The lowest BCUT2D eigenvalue weighted by molar-refractivity contribution is 0.977. The molecule has 2 heterocycles. The van der Waals surface area contributed by atoms with E-state index in [9.17, 15) is 0 Å². The van der Waals surface area contributed by atoms with Crippen molar-refractivity contribution in [3.63, 3.8) is 0 Å². The van der Waals surface area contributed by atoms with E-state index in [1.807, 2.05) is 0 Å². The van der Waals surface area contributed by atoms with Crippen molar-refractivity contribution in [1.82, 2.24) is 9.13 Å². The maximum atomic E-state index is 2.44. The van der Waals surface area contributed by atoms with Crippen molar-refractivity contribution in [3.8, 4) is 22.5 Å². The van der Waals surface area contributed by atoms with E-state index in [2.05, 4.69) is 324 Å². The Hall–Kier alpha value is -9.90. The Kier molecular flexibility index (Phi) is 12.0. The van der Waals surface area contributed by atoms with Crippen molar-refractivity contribution in [2.45, 2.75) is 0 Å². The van der Waals surface area contributed by atoms with Gasteiger partial charge in [0.2, 0.25) is 0 Å². The number of benzene rings is 11. The Morgan fingerprint density at radius 2 is 0.539 bits per heavy atom. The topological polar surface area (TPSA) is 16.3 Å². The minimum absolute atomic E-state index is 1.07. The van der Waals surface area contributed by atoms with E-state index in [-0.39, 0.29) is 0 Å². The normalized spacial score (nSPS) is 11.7. The number of anilines is 6. The van der Waals surface area contributed by atoms with Gasteiger partial charge in [-0.2, -0.15) is 0 Å². The molecule has 0 amide bonds. The fourth-order valence-corrected chi connectivity index (χ4v) is 11.4. The second-order valence-corrected chi connectivity index (χ2v) is 19.4. The zero-order valence-corrected chi connectivity index (χ0v) is 42.5. The van der Waals surface area contributed by atoms with Gasteiger partial charge in [-0.25, -0.2) is 0 Å². The summed E-state index contributed by atoms with van der Waals surface area (Å²) in [5, 5.41) is 7.08. The summed E-state index contributed by atoms with van der Waals surface area (Å²) in [6.45, 7) is 0. The molecule has 0 atom stereocenters. The smallest absolute Gasteiger partial charge is 0.0619 e. The first-order valence-corrected chi connectivity index (χ1v) is 26.0. The fraction of sp³-hybridized carbons (Fsp3) is 0.0278. The largest absolute Gasteiger partial charge is 0.343 e. The molecule has 4 nitrogen and oxygen atoms in total. The predicted octanol–water partition coefficient (Wildman–Crippen LogP) is 19.6. The summed E-state index contributed by atoms with van der Waals surface area (Å²) in [7, 11) is 4.33. The van der Waals surface area contributed by atoms with Gasteiger partial charge in [0.15, 0.2) is 0 Å². The van der Waals surface area contributed by atoms with E-state index in [0.717, 1.165) is 66.8 Å². The van der Waals surface area contributed by atoms with Crippen LogP contribution in [0.25, 0.3) is 90.2 Å². The molecule has 362 valence electrons. The van der Waals surface area contributed by atoms with Gasteiger partial charge in [-0.05, 0) is 82.9 Å². The van der Waals surface area contributed by atoms with Crippen molar-refractivity contribution in [3.05, 3.63) is 289 Å². The summed E-state index contributed by atoms with van der Waals surface area (Å²) in [6.07, 6.45) is 9.06. The predicted molar refractivity (Wildman–Crippen MR) is 325 cm³/mol. The number of hydrogen-bond acceptors (Lipinski definition) is 2. The van der Waals surface area contributed by atoms with Gasteiger partial charge in [-0.15, -0.1) is 0 Å². The molecule has 11 aromatic carbocycles. The highest BCUT2D eigenvalue weighted by molar-refractivity contribution is 6.23. The van der Waals surface area contributed by atoms with Crippen molar-refractivity contribution in [1.29, 1.82) is 0 Å². The third kappa shape index (κ3) is 8.23. The Labute approximate surface area is 444 Å². The first-order chi connectivity index (χ1) is 37.6. The Morgan fingerprint density at radius 1 is 0.263 bits per heavy atom. The van der Waals surface area contributed by atoms with Crippen LogP contribution in [0.4, 0.5) is 34.1 Å². The number of fused-ring (bicyclic) bond motifs is 4. The van der Waals surface area contributed by atoms with Gasteiger partial charge < -0.3 is 18.9 Å². The molecule has 0 aliphatic heterocycles. The molecular formula is C72H54N4. The lowest BCUT2D eigenvalue weighted by Gasteiger charge is -2.33. The third-order valence-corrected chi connectivity index (χ3v) is 14.9. The second-order valence-electron chi connectivity index (χ2n) is 19.4. The first kappa shape index (κ1) is 45.9. The summed E-state index contributed by atoms with van der Waals surface area (Å²) in [4.78, 5) is 4.88. The molecule has 0 saturated heterocycles. The highest BCUT2D eigenvalue weighted by Gasteiger charge is 2.26. The monoisotopic (exact) mass is 974 g/mol. The zero-order valence-electron chi connectivity index (χ0n) is 42.5. The van der Waals surface area contributed by atoms with Gasteiger partial charge in [0.05, 0.1) is 22.8 Å². The van der Waals surface area contributed by atoms with Crippen LogP contribution in [-0.4, -0.2) is 9.13 Å². The number of hydrogen-bond donors (Lipinski definition) is 0. The van der Waals surface area contributed by atoms with Gasteiger partial charge in [0.25, 0.3) is 0 Å². The minimum atomic E-state index is 1.07. The van der Waals surface area contributed by atoms with Gasteiger partial charge in [-0.1, -0.05) is 231 Å². The van der Waals surface area contributed by atoms with Gasteiger partial charge in [-0.3, -0.25) is 0 Å². The van der Waals surface area contributed by atoms with Crippen LogP contribution >= 0.6 is 0 Å². The number of aryl methyl sites for hydroxylation is 2. The first-order valence-electron chi connectivity index (χ1n) is 26.0. The standard InChI is InChI=1S/C72H54N4/c1-73-67-37-21-19-31-59(67)65(69(73)53-23-7-3-8-24-53)49-43-51-39-45-57(46-40-51)75(55-27-11-5-12-28-55)71-61-33-15-17-35-63(61)72(64-36-18-16-34-62(64)71)76(56-29-13-6-14-30-56)58-47-41-52(42-48-58)44-50-66-60-32-20-22-38-68(60)74(2)70(66)54-25-9-4-10-26-54/h3-50H,1-2H3/b49-43+,50-44+. The molecule has 0 N–H and O–H groups in total. The lowest BCUT2D eigenvalue weighted by Crippen LogP contribution is -2.14. The molecule has 0 fully saturated rings. The van der Waals surface area contributed by atoms with Crippen LogP contribution in [-0.2, 0) is 14.1 Å². The Morgan fingerprint density at radius 3 is 0.882 bits per heavy atom. The van der Waals surface area contributed by atoms with E-state index in [0.29, 0.717) is 0 Å². The molecule has 0 radical (unpaired) electrons. The van der Waals surface area contributed by atoms with Crippen molar-refractivity contribution >= 4 is 102 Å². The summed E-state index contributed by atoms with van der Waals surface area (Å²) in [6, 6.07) is 96.2. The van der Waals surface area contributed by atoms with Crippen molar-refractivity contribution < 1.29 is 0 Å². The van der Waals surface area contributed by atoms with E-state index >= 15 is 0 Å². The highest BCUT2D eigenvalue weighted by Crippen LogP contribution is 2.51. The van der Waals surface area contributed by atoms with Gasteiger partial charge >= 0.3 is 0 Å². The van der Waals surface area contributed by atoms with Gasteiger partial charge in [0.1, 0.15) is 0 Å². The molecule has 4 heteroatoms. The molecule has 2 aromatic heterocycles. The molecule has 13 rings (SSSR count). The van der Waals surface area contributed by atoms with Crippen LogP contribution in [0.15, 0.2) is 267 Å². The maximum Gasteiger partial charge on any atom is 0.0619 e. The molecule has 0 saturated carbocycles. The lowest BCUT2D eigenvalue weighted by atomic mass is 9.95. The number of para-hydroxylation sites is 4. The van der Waals surface area contributed by atoms with Crippen LogP contribution in [0.3, 0.4) is 0 Å². The average Bonchev–Trinajstić information content (AvgIpc) is 3.94. The highest BCUT2D eigenvalue weighted by atomic mass is 15.2. The number of nitrogens with zero attached hydrogens (tertiary/aromatic N) is 4. The van der Waals surface area contributed by atoms with E-state index in [1.165, 1.54) is 55.4 Å². The van der Waals surface area contributed by atoms with Crippen molar-refractivity contribution in [2.24, 2.45) is 14.1 Å². The summed E-state index contributed by atoms with van der Waals surface area (Å²) >= 11 is 0. The Balaban J connectivity index is 0.916. The Bertz CT molecular complexity index is 3930. The molecule has 0 bridgehead atoms. The average molecular weight is 975 g/mol. The van der Waals surface area contributed by atoms with E-state index in [4.69, 9.17) is 0 Å². The molecule has 13 aromatic rings.